The molecule has 110 valence electrons. The van der Waals surface area contributed by atoms with Gasteiger partial charge in [0.25, 0.3) is 0 Å². The molecule has 19 heavy (non-hydrogen) atoms. The van der Waals surface area contributed by atoms with E-state index in [-0.39, 0.29) is 17.7 Å². The molecule has 1 unspecified atom stereocenters. The van der Waals surface area contributed by atoms with Gasteiger partial charge in [0, 0.05) is 19.0 Å². The van der Waals surface area contributed by atoms with Crippen LogP contribution in [0.2, 0.25) is 0 Å². The third-order valence-electron chi connectivity index (χ3n) is 4.64. The van der Waals surface area contributed by atoms with Gasteiger partial charge in [0.15, 0.2) is 0 Å². The summed E-state index contributed by atoms with van der Waals surface area (Å²) >= 11 is 0. The van der Waals surface area contributed by atoms with Gasteiger partial charge in [-0.25, -0.2) is 0 Å². The van der Waals surface area contributed by atoms with E-state index in [1.807, 2.05) is 18.7 Å². The summed E-state index contributed by atoms with van der Waals surface area (Å²) in [5.74, 6) is -0.422. The average molecular weight is 269 g/mol. The summed E-state index contributed by atoms with van der Waals surface area (Å²) in [4.78, 5) is 25.6. The Labute approximate surface area is 116 Å². The van der Waals surface area contributed by atoms with Crippen LogP contribution in [-0.2, 0) is 9.59 Å². The number of carboxylic acids is 1. The molecule has 0 aromatic rings. The number of aliphatic carboxylic acids is 1. The van der Waals surface area contributed by atoms with Gasteiger partial charge in [-0.05, 0) is 45.4 Å². The molecule has 1 heterocycles. The number of carboxylic acid groups (broad SMARTS) is 1. The van der Waals surface area contributed by atoms with Crippen LogP contribution < -0.4 is 0 Å². The summed E-state index contributed by atoms with van der Waals surface area (Å²) in [6, 6.07) is 0. The van der Waals surface area contributed by atoms with Gasteiger partial charge in [-0.15, -0.1) is 0 Å². The Bertz CT molecular complexity index is 334. The second-order valence-electron chi connectivity index (χ2n) is 6.16. The van der Waals surface area contributed by atoms with Crippen LogP contribution in [0, 0.1) is 17.3 Å². The van der Waals surface area contributed by atoms with Crippen LogP contribution in [0.1, 0.15) is 53.4 Å². The standard InChI is InChI=1S/C15H27NO3/c1-5-11(6-2)13(17)16-9-7-8-12(10-16)15(3,4)14(18)19/h11-12H,5-10H2,1-4H3,(H,18,19). The topological polar surface area (TPSA) is 57.6 Å². The van der Waals surface area contributed by atoms with Gasteiger partial charge in [-0.2, -0.15) is 0 Å². The lowest BCUT2D eigenvalue weighted by Gasteiger charge is -2.40. The van der Waals surface area contributed by atoms with Crippen molar-refractivity contribution in [2.75, 3.05) is 13.1 Å². The lowest BCUT2D eigenvalue weighted by molar-refractivity contribution is -0.153. The molecule has 1 N–H and O–H groups in total. The van der Waals surface area contributed by atoms with Gasteiger partial charge in [0.05, 0.1) is 5.41 Å². The van der Waals surface area contributed by atoms with Crippen LogP contribution in [0.25, 0.3) is 0 Å². The van der Waals surface area contributed by atoms with Crippen molar-refractivity contribution in [2.24, 2.45) is 17.3 Å². The molecule has 0 radical (unpaired) electrons. The minimum absolute atomic E-state index is 0.0528. The molecule has 0 aliphatic carbocycles. The number of hydrogen-bond donors (Lipinski definition) is 1. The zero-order chi connectivity index (χ0) is 14.6. The first kappa shape index (κ1) is 16.0. The van der Waals surface area contributed by atoms with E-state index in [4.69, 9.17) is 0 Å². The molecule has 1 fully saturated rings. The Morgan fingerprint density at radius 2 is 1.89 bits per heavy atom. The zero-order valence-electron chi connectivity index (χ0n) is 12.6. The van der Waals surface area contributed by atoms with E-state index in [0.29, 0.717) is 6.54 Å². The largest absolute Gasteiger partial charge is 0.481 e. The van der Waals surface area contributed by atoms with Crippen molar-refractivity contribution < 1.29 is 14.7 Å². The van der Waals surface area contributed by atoms with Crippen LogP contribution in [0.3, 0.4) is 0 Å². The van der Waals surface area contributed by atoms with Gasteiger partial charge in [0.1, 0.15) is 0 Å². The van der Waals surface area contributed by atoms with Crippen LogP contribution in [0.15, 0.2) is 0 Å². The van der Waals surface area contributed by atoms with Crippen molar-refractivity contribution in [3.05, 3.63) is 0 Å². The van der Waals surface area contributed by atoms with Crippen molar-refractivity contribution in [1.82, 2.24) is 4.90 Å². The fourth-order valence-electron chi connectivity index (χ4n) is 2.84. The molecule has 1 rings (SSSR count). The highest BCUT2D eigenvalue weighted by molar-refractivity contribution is 5.79. The van der Waals surface area contributed by atoms with E-state index in [2.05, 4.69) is 0 Å². The smallest absolute Gasteiger partial charge is 0.309 e. The highest BCUT2D eigenvalue weighted by atomic mass is 16.4. The number of carbonyl (C=O) groups excluding carboxylic acids is 1. The molecule has 0 spiro atoms. The van der Waals surface area contributed by atoms with Gasteiger partial charge in [-0.1, -0.05) is 13.8 Å². The third kappa shape index (κ3) is 3.48. The average Bonchev–Trinajstić information content (AvgIpc) is 2.40. The summed E-state index contributed by atoms with van der Waals surface area (Å²) in [5.41, 5.74) is -0.757. The molecular weight excluding hydrogens is 242 g/mol. The maximum Gasteiger partial charge on any atom is 0.309 e. The Hall–Kier alpha value is -1.06. The third-order valence-corrected chi connectivity index (χ3v) is 4.64. The van der Waals surface area contributed by atoms with Crippen molar-refractivity contribution in [3.8, 4) is 0 Å². The summed E-state index contributed by atoms with van der Waals surface area (Å²) in [5, 5.41) is 9.32. The lowest BCUT2D eigenvalue weighted by Crippen LogP contribution is -2.48. The van der Waals surface area contributed by atoms with Crippen molar-refractivity contribution in [1.29, 1.82) is 0 Å². The molecule has 0 saturated carbocycles. The van der Waals surface area contributed by atoms with E-state index in [0.717, 1.165) is 32.2 Å². The zero-order valence-corrected chi connectivity index (χ0v) is 12.6. The molecule has 1 saturated heterocycles. The second-order valence-corrected chi connectivity index (χ2v) is 6.16. The van der Waals surface area contributed by atoms with Crippen molar-refractivity contribution >= 4 is 11.9 Å². The number of piperidine rings is 1. The molecule has 4 heteroatoms. The summed E-state index contributed by atoms with van der Waals surface area (Å²) < 4.78 is 0. The highest BCUT2D eigenvalue weighted by Crippen LogP contribution is 2.34. The van der Waals surface area contributed by atoms with Crippen LogP contribution in [-0.4, -0.2) is 35.0 Å². The molecular formula is C15H27NO3. The summed E-state index contributed by atoms with van der Waals surface area (Å²) in [7, 11) is 0. The summed E-state index contributed by atoms with van der Waals surface area (Å²) in [6.45, 7) is 8.98. The quantitative estimate of drug-likeness (QED) is 0.835. The fourth-order valence-corrected chi connectivity index (χ4v) is 2.84. The Balaban J connectivity index is 2.75. The molecule has 4 nitrogen and oxygen atoms in total. The van der Waals surface area contributed by atoms with Gasteiger partial charge in [-0.3, -0.25) is 9.59 Å². The number of amides is 1. The van der Waals surface area contributed by atoms with Crippen molar-refractivity contribution in [3.63, 3.8) is 0 Å². The lowest BCUT2D eigenvalue weighted by atomic mass is 9.74. The number of rotatable bonds is 5. The molecule has 0 aromatic carbocycles. The Kier molecular flexibility index (Phi) is 5.39. The maximum absolute atomic E-state index is 12.4. The molecule has 1 atom stereocenters. The van der Waals surface area contributed by atoms with E-state index in [1.54, 1.807) is 13.8 Å². The van der Waals surface area contributed by atoms with Gasteiger partial charge >= 0.3 is 5.97 Å². The maximum atomic E-state index is 12.4. The number of nitrogens with zero attached hydrogens (tertiary/aromatic N) is 1. The van der Waals surface area contributed by atoms with E-state index >= 15 is 0 Å². The predicted octanol–water partition coefficient (Wildman–Crippen LogP) is 2.77. The molecule has 0 bridgehead atoms. The van der Waals surface area contributed by atoms with E-state index in [1.165, 1.54) is 0 Å². The summed E-state index contributed by atoms with van der Waals surface area (Å²) in [6.07, 6.45) is 3.52. The van der Waals surface area contributed by atoms with Gasteiger partial charge < -0.3 is 10.0 Å². The number of carbonyl (C=O) groups is 2. The SMILES string of the molecule is CCC(CC)C(=O)N1CCCC(C(C)(C)C(=O)O)C1. The molecule has 1 amide bonds. The van der Waals surface area contributed by atoms with Gasteiger partial charge in [0.2, 0.25) is 5.91 Å². The van der Waals surface area contributed by atoms with E-state index in [9.17, 15) is 14.7 Å². The van der Waals surface area contributed by atoms with Crippen LogP contribution >= 0.6 is 0 Å². The first-order chi connectivity index (χ1) is 8.84. The Morgan fingerprint density at radius 3 is 2.37 bits per heavy atom. The number of likely N-dealkylation sites (tertiary alicyclic amines) is 1. The van der Waals surface area contributed by atoms with Crippen molar-refractivity contribution in [2.45, 2.75) is 53.4 Å². The highest BCUT2D eigenvalue weighted by Gasteiger charge is 2.40. The molecule has 0 aromatic heterocycles. The molecule has 1 aliphatic heterocycles. The second kappa shape index (κ2) is 6.40. The molecule has 1 aliphatic rings. The first-order valence-electron chi connectivity index (χ1n) is 7.36. The van der Waals surface area contributed by atoms with Crippen LogP contribution in [0.5, 0.6) is 0 Å². The monoisotopic (exact) mass is 269 g/mol. The predicted molar refractivity (Wildman–Crippen MR) is 74.8 cm³/mol. The Morgan fingerprint density at radius 1 is 1.32 bits per heavy atom. The fraction of sp³-hybridized carbons (Fsp3) is 0.867. The van der Waals surface area contributed by atoms with Crippen LogP contribution in [0.4, 0.5) is 0 Å². The normalized spacial score (nSPS) is 20.7. The number of hydrogen-bond acceptors (Lipinski definition) is 2. The minimum Gasteiger partial charge on any atom is -0.481 e. The first-order valence-corrected chi connectivity index (χ1v) is 7.36. The minimum atomic E-state index is -0.769. The van der Waals surface area contributed by atoms with E-state index < -0.39 is 11.4 Å².